The number of ether oxygens (including phenoxy) is 2. The van der Waals surface area contributed by atoms with E-state index >= 15 is 0 Å². The third-order valence-electron chi connectivity index (χ3n) is 4.94. The van der Waals surface area contributed by atoms with Crippen molar-refractivity contribution in [3.8, 4) is 5.75 Å². The molecule has 0 spiro atoms. The molecular formula is C24H25N3O3S. The first-order chi connectivity index (χ1) is 15.1. The van der Waals surface area contributed by atoms with Gasteiger partial charge in [0.2, 0.25) is 0 Å². The van der Waals surface area contributed by atoms with Crippen LogP contribution < -0.4 is 10.1 Å². The Morgan fingerprint density at radius 3 is 2.58 bits per heavy atom. The van der Waals surface area contributed by atoms with Gasteiger partial charge in [-0.2, -0.15) is 5.10 Å². The van der Waals surface area contributed by atoms with Gasteiger partial charge in [-0.25, -0.2) is 0 Å². The smallest absolute Gasteiger partial charge is 0.261 e. The summed E-state index contributed by atoms with van der Waals surface area (Å²) in [5.41, 5.74) is 3.13. The largest absolute Gasteiger partial charge is 0.491 e. The highest BCUT2D eigenvalue weighted by molar-refractivity contribution is 7.20. The predicted octanol–water partition coefficient (Wildman–Crippen LogP) is 4.41. The Balaban J connectivity index is 1.40. The van der Waals surface area contributed by atoms with Gasteiger partial charge in [-0.05, 0) is 36.2 Å². The fraction of sp³-hybridized carbons (Fsp3) is 0.250. The normalized spacial score (nSPS) is 11.0. The highest BCUT2D eigenvalue weighted by atomic mass is 32.1. The van der Waals surface area contributed by atoms with Crippen molar-refractivity contribution >= 4 is 27.5 Å². The molecule has 6 nitrogen and oxygen atoms in total. The van der Waals surface area contributed by atoms with E-state index in [1.54, 1.807) is 7.11 Å². The molecule has 2 heterocycles. The van der Waals surface area contributed by atoms with E-state index in [-0.39, 0.29) is 5.91 Å². The van der Waals surface area contributed by atoms with Crippen molar-refractivity contribution in [2.24, 2.45) is 0 Å². The number of aromatic nitrogens is 2. The summed E-state index contributed by atoms with van der Waals surface area (Å²) < 4.78 is 12.5. The molecule has 0 unspecified atom stereocenters. The molecule has 7 heteroatoms. The maximum Gasteiger partial charge on any atom is 0.261 e. The second-order valence-corrected chi connectivity index (χ2v) is 8.26. The number of fused-ring (bicyclic) bond motifs is 1. The number of amides is 1. The van der Waals surface area contributed by atoms with Crippen LogP contribution in [0.2, 0.25) is 0 Å². The Labute approximate surface area is 185 Å². The Bertz CT molecular complexity index is 1150. The number of methoxy groups -OCH3 is 1. The summed E-state index contributed by atoms with van der Waals surface area (Å²) in [6, 6.07) is 19.9. The molecule has 31 heavy (non-hydrogen) atoms. The van der Waals surface area contributed by atoms with Crippen LogP contribution in [0, 0.1) is 6.92 Å². The Hall–Kier alpha value is -3.16. The van der Waals surface area contributed by atoms with Crippen molar-refractivity contribution in [2.45, 2.75) is 20.0 Å². The van der Waals surface area contributed by atoms with Gasteiger partial charge in [-0.15, -0.1) is 11.3 Å². The predicted molar refractivity (Wildman–Crippen MR) is 123 cm³/mol. The Morgan fingerprint density at radius 2 is 1.84 bits per heavy atom. The molecule has 1 amide bonds. The molecule has 0 saturated carbocycles. The maximum atomic E-state index is 12.7. The average Bonchev–Trinajstić information content (AvgIpc) is 3.35. The van der Waals surface area contributed by atoms with Crippen molar-refractivity contribution in [3.63, 3.8) is 0 Å². The maximum absolute atomic E-state index is 12.7. The first-order valence-electron chi connectivity index (χ1n) is 10.1. The van der Waals surface area contributed by atoms with Crippen LogP contribution in [0.3, 0.4) is 0 Å². The summed E-state index contributed by atoms with van der Waals surface area (Å²) in [6.07, 6.45) is 0. The summed E-state index contributed by atoms with van der Waals surface area (Å²) in [5.74, 6) is 0.711. The van der Waals surface area contributed by atoms with Crippen LogP contribution in [0.4, 0.5) is 0 Å². The second-order valence-electron chi connectivity index (χ2n) is 7.23. The standard InChI is InChI=1S/C24H25N3O3S/c1-17-21-14-22(31-24(21)27(26-17)16-19-6-4-3-5-7-19)23(28)25-15-18-8-10-20(11-9-18)30-13-12-29-2/h3-11,14H,12-13,15-16H2,1-2H3,(H,25,28). The highest BCUT2D eigenvalue weighted by Gasteiger charge is 2.16. The lowest BCUT2D eigenvalue weighted by Gasteiger charge is -2.07. The van der Waals surface area contributed by atoms with E-state index < -0.39 is 0 Å². The summed E-state index contributed by atoms with van der Waals surface area (Å²) in [7, 11) is 1.65. The van der Waals surface area contributed by atoms with Gasteiger partial charge < -0.3 is 14.8 Å². The molecule has 0 radical (unpaired) electrons. The van der Waals surface area contributed by atoms with E-state index in [2.05, 4.69) is 22.5 Å². The van der Waals surface area contributed by atoms with Crippen LogP contribution in [0.5, 0.6) is 5.75 Å². The van der Waals surface area contributed by atoms with E-state index in [0.29, 0.717) is 31.2 Å². The highest BCUT2D eigenvalue weighted by Crippen LogP contribution is 2.29. The Morgan fingerprint density at radius 1 is 1.06 bits per heavy atom. The zero-order valence-corrected chi connectivity index (χ0v) is 18.4. The van der Waals surface area contributed by atoms with Crippen LogP contribution in [0.25, 0.3) is 10.2 Å². The van der Waals surface area contributed by atoms with Crippen molar-refractivity contribution in [2.75, 3.05) is 20.3 Å². The monoisotopic (exact) mass is 435 g/mol. The van der Waals surface area contributed by atoms with E-state index in [1.165, 1.54) is 16.9 Å². The van der Waals surface area contributed by atoms with Gasteiger partial charge in [0.15, 0.2) is 0 Å². The number of carbonyl (C=O) groups is 1. The molecule has 0 bridgehead atoms. The lowest BCUT2D eigenvalue weighted by Crippen LogP contribution is -2.21. The molecule has 2 aromatic carbocycles. The quantitative estimate of drug-likeness (QED) is 0.396. The zero-order chi connectivity index (χ0) is 21.6. The molecule has 1 N–H and O–H groups in total. The van der Waals surface area contributed by atoms with Gasteiger partial charge >= 0.3 is 0 Å². The number of hydrogen-bond acceptors (Lipinski definition) is 5. The number of benzene rings is 2. The van der Waals surface area contributed by atoms with Crippen LogP contribution in [0.15, 0.2) is 60.7 Å². The molecule has 0 fully saturated rings. The summed E-state index contributed by atoms with van der Waals surface area (Å²) in [4.78, 5) is 14.4. The SMILES string of the molecule is COCCOc1ccc(CNC(=O)c2cc3c(C)nn(Cc4ccccc4)c3s2)cc1. The number of hydrogen-bond donors (Lipinski definition) is 1. The molecule has 0 saturated heterocycles. The van der Waals surface area contributed by atoms with Crippen LogP contribution >= 0.6 is 11.3 Å². The molecule has 160 valence electrons. The number of rotatable bonds is 9. The topological polar surface area (TPSA) is 65.4 Å². The molecule has 0 aliphatic rings. The Kier molecular flexibility index (Phi) is 6.64. The van der Waals surface area contributed by atoms with Crippen LogP contribution in [-0.2, 0) is 17.8 Å². The molecular weight excluding hydrogens is 410 g/mol. The summed E-state index contributed by atoms with van der Waals surface area (Å²) in [5, 5.41) is 8.69. The number of carbonyl (C=O) groups excluding carboxylic acids is 1. The van der Waals surface area contributed by atoms with E-state index in [0.717, 1.165) is 27.2 Å². The molecule has 0 aliphatic carbocycles. The molecule has 2 aromatic heterocycles. The summed E-state index contributed by atoms with van der Waals surface area (Å²) in [6.45, 7) is 4.19. The van der Waals surface area contributed by atoms with Crippen molar-refractivity contribution in [1.29, 1.82) is 0 Å². The molecule has 4 aromatic rings. The molecule has 0 atom stereocenters. The van der Waals surface area contributed by atoms with E-state index in [4.69, 9.17) is 9.47 Å². The fourth-order valence-electron chi connectivity index (χ4n) is 3.30. The third-order valence-corrected chi connectivity index (χ3v) is 6.09. The lowest BCUT2D eigenvalue weighted by molar-refractivity contribution is 0.0955. The lowest BCUT2D eigenvalue weighted by atomic mass is 10.2. The van der Waals surface area contributed by atoms with Crippen molar-refractivity contribution in [3.05, 3.63) is 82.4 Å². The minimum absolute atomic E-state index is 0.0766. The molecule has 4 rings (SSSR count). The van der Waals surface area contributed by atoms with Gasteiger partial charge in [-0.3, -0.25) is 9.48 Å². The molecule has 0 aliphatic heterocycles. The van der Waals surface area contributed by atoms with E-state index in [9.17, 15) is 4.79 Å². The van der Waals surface area contributed by atoms with Crippen molar-refractivity contribution < 1.29 is 14.3 Å². The number of thiophene rings is 1. The van der Waals surface area contributed by atoms with Gasteiger partial charge in [0.05, 0.1) is 23.7 Å². The van der Waals surface area contributed by atoms with Crippen LogP contribution in [-0.4, -0.2) is 36.0 Å². The minimum atomic E-state index is -0.0766. The number of nitrogens with zero attached hydrogens (tertiary/aromatic N) is 2. The first kappa shape index (κ1) is 21.1. The zero-order valence-electron chi connectivity index (χ0n) is 17.6. The van der Waals surface area contributed by atoms with Gasteiger partial charge in [0.25, 0.3) is 5.91 Å². The minimum Gasteiger partial charge on any atom is -0.491 e. The summed E-state index contributed by atoms with van der Waals surface area (Å²) >= 11 is 1.48. The van der Waals surface area contributed by atoms with Crippen LogP contribution in [0.1, 0.15) is 26.5 Å². The fourth-order valence-corrected chi connectivity index (χ4v) is 4.38. The number of nitrogens with one attached hydrogen (secondary N) is 1. The van der Waals surface area contributed by atoms with Gasteiger partial charge in [0, 0.05) is 19.0 Å². The third kappa shape index (κ3) is 5.13. The van der Waals surface area contributed by atoms with Crippen molar-refractivity contribution in [1.82, 2.24) is 15.1 Å². The van der Waals surface area contributed by atoms with E-state index in [1.807, 2.05) is 60.1 Å². The average molecular weight is 436 g/mol. The van der Waals surface area contributed by atoms with Gasteiger partial charge in [-0.1, -0.05) is 42.5 Å². The second kappa shape index (κ2) is 9.76. The first-order valence-corrected chi connectivity index (χ1v) is 11.0. The van der Waals surface area contributed by atoms with Gasteiger partial charge in [0.1, 0.15) is 17.2 Å². The number of aryl methyl sites for hydroxylation is 1.